The van der Waals surface area contributed by atoms with Crippen molar-refractivity contribution in [2.24, 2.45) is 5.92 Å². The lowest BCUT2D eigenvalue weighted by atomic mass is 9.86. The van der Waals surface area contributed by atoms with E-state index in [2.05, 4.69) is 9.97 Å². The average Bonchev–Trinajstić information content (AvgIpc) is 2.83. The monoisotopic (exact) mass is 354 g/mol. The van der Waals surface area contributed by atoms with E-state index in [1.807, 2.05) is 45.1 Å². The molecule has 0 saturated heterocycles. The summed E-state index contributed by atoms with van der Waals surface area (Å²) in [4.78, 5) is 33.6. The minimum atomic E-state index is -0.665. The molecular formula is C20H19ClN2O2. The number of carbonyl (C=O) groups excluding carboxylic acids is 2. The van der Waals surface area contributed by atoms with Crippen molar-refractivity contribution >= 4 is 23.2 Å². The van der Waals surface area contributed by atoms with E-state index in [1.54, 1.807) is 12.4 Å². The first-order valence-corrected chi connectivity index (χ1v) is 8.58. The molecule has 0 N–H and O–H groups in total. The molecule has 0 spiro atoms. The standard InChI is InChI=1S/C20H19ClN2O2/c1-4-5-13-8-16(24)18(19(13)25)17-11(2)6-14(7-12(17)3)20-22-9-15(21)10-23-20/h4-7,9-10,13,18H,8H2,1-3H3/b5-4+/t13-,18?/m1/s1. The molecule has 3 rings (SSSR count). The minimum Gasteiger partial charge on any atom is -0.298 e. The molecule has 1 aliphatic rings. The van der Waals surface area contributed by atoms with E-state index < -0.39 is 5.92 Å². The number of carbonyl (C=O) groups is 2. The molecule has 1 aromatic heterocycles. The Morgan fingerprint density at radius 3 is 2.28 bits per heavy atom. The molecule has 1 saturated carbocycles. The van der Waals surface area contributed by atoms with Gasteiger partial charge in [-0.2, -0.15) is 0 Å². The first-order valence-electron chi connectivity index (χ1n) is 8.20. The maximum absolute atomic E-state index is 12.7. The highest BCUT2D eigenvalue weighted by atomic mass is 35.5. The number of aromatic nitrogens is 2. The molecule has 1 aromatic carbocycles. The van der Waals surface area contributed by atoms with Crippen LogP contribution in [0, 0.1) is 19.8 Å². The summed E-state index contributed by atoms with van der Waals surface area (Å²) >= 11 is 5.84. The highest BCUT2D eigenvalue weighted by molar-refractivity contribution is 6.30. The van der Waals surface area contributed by atoms with Gasteiger partial charge in [-0.3, -0.25) is 9.59 Å². The number of ketones is 2. The Bertz CT molecular complexity index is 849. The van der Waals surface area contributed by atoms with Gasteiger partial charge >= 0.3 is 0 Å². The summed E-state index contributed by atoms with van der Waals surface area (Å²) in [5.41, 5.74) is 3.47. The van der Waals surface area contributed by atoms with Crippen LogP contribution in [0.5, 0.6) is 0 Å². The number of hydrogen-bond acceptors (Lipinski definition) is 4. The number of rotatable bonds is 3. The molecule has 128 valence electrons. The van der Waals surface area contributed by atoms with Gasteiger partial charge in [0.25, 0.3) is 0 Å². The van der Waals surface area contributed by atoms with Crippen molar-refractivity contribution in [3.63, 3.8) is 0 Å². The second-order valence-corrected chi connectivity index (χ2v) is 6.82. The van der Waals surface area contributed by atoms with Crippen LogP contribution in [0.1, 0.15) is 36.0 Å². The van der Waals surface area contributed by atoms with Gasteiger partial charge in [-0.25, -0.2) is 9.97 Å². The maximum Gasteiger partial charge on any atom is 0.159 e. The van der Waals surface area contributed by atoms with Crippen molar-refractivity contribution in [1.29, 1.82) is 0 Å². The number of allylic oxidation sites excluding steroid dienone is 2. The Morgan fingerprint density at radius 1 is 1.12 bits per heavy atom. The minimum absolute atomic E-state index is 0.00482. The second kappa shape index (κ2) is 6.89. The normalized spacial score (nSPS) is 20.6. The van der Waals surface area contributed by atoms with Crippen LogP contribution < -0.4 is 0 Å². The van der Waals surface area contributed by atoms with Crippen LogP contribution in [-0.4, -0.2) is 21.5 Å². The fourth-order valence-corrected chi connectivity index (χ4v) is 3.62. The van der Waals surface area contributed by atoms with Crippen LogP contribution in [0.4, 0.5) is 0 Å². The highest BCUT2D eigenvalue weighted by Gasteiger charge is 2.41. The average molecular weight is 355 g/mol. The number of nitrogens with zero attached hydrogens (tertiary/aromatic N) is 2. The highest BCUT2D eigenvalue weighted by Crippen LogP contribution is 2.37. The molecule has 0 amide bonds. The summed E-state index contributed by atoms with van der Waals surface area (Å²) in [5, 5.41) is 0.478. The van der Waals surface area contributed by atoms with Crippen molar-refractivity contribution in [2.75, 3.05) is 0 Å². The molecule has 0 bridgehead atoms. The fraction of sp³-hybridized carbons (Fsp3) is 0.300. The summed E-state index contributed by atoms with van der Waals surface area (Å²) in [7, 11) is 0. The molecule has 1 fully saturated rings. The zero-order chi connectivity index (χ0) is 18.1. The lowest BCUT2D eigenvalue weighted by Crippen LogP contribution is -2.17. The molecule has 1 heterocycles. The fourth-order valence-electron chi connectivity index (χ4n) is 3.53. The van der Waals surface area contributed by atoms with E-state index in [1.165, 1.54) is 0 Å². The van der Waals surface area contributed by atoms with Crippen molar-refractivity contribution < 1.29 is 9.59 Å². The van der Waals surface area contributed by atoms with E-state index in [-0.39, 0.29) is 23.9 Å². The predicted octanol–water partition coefficient (Wildman–Crippen LogP) is 4.23. The van der Waals surface area contributed by atoms with Gasteiger partial charge in [-0.15, -0.1) is 0 Å². The van der Waals surface area contributed by atoms with Crippen molar-refractivity contribution in [1.82, 2.24) is 9.97 Å². The molecule has 5 heteroatoms. The van der Waals surface area contributed by atoms with Gasteiger partial charge < -0.3 is 0 Å². The number of benzene rings is 1. The lowest BCUT2D eigenvalue weighted by molar-refractivity contribution is -0.124. The van der Waals surface area contributed by atoms with Crippen molar-refractivity contribution in [2.45, 2.75) is 33.1 Å². The van der Waals surface area contributed by atoms with Gasteiger partial charge in [0, 0.05) is 30.3 Å². The molecule has 1 unspecified atom stereocenters. The third-order valence-corrected chi connectivity index (χ3v) is 4.77. The van der Waals surface area contributed by atoms with Crippen LogP contribution in [0.25, 0.3) is 11.4 Å². The molecule has 0 radical (unpaired) electrons. The first-order chi connectivity index (χ1) is 11.9. The van der Waals surface area contributed by atoms with Crippen LogP contribution in [0.3, 0.4) is 0 Å². The van der Waals surface area contributed by atoms with Gasteiger partial charge in [0.1, 0.15) is 11.7 Å². The number of halogens is 1. The Kier molecular flexibility index (Phi) is 4.82. The van der Waals surface area contributed by atoms with Crippen LogP contribution in [-0.2, 0) is 9.59 Å². The molecule has 2 atom stereocenters. The Labute approximate surface area is 152 Å². The Morgan fingerprint density at radius 2 is 1.72 bits per heavy atom. The predicted molar refractivity (Wildman–Crippen MR) is 97.6 cm³/mol. The molecular weight excluding hydrogens is 336 g/mol. The maximum atomic E-state index is 12.7. The van der Waals surface area contributed by atoms with Gasteiger partial charge in [-0.1, -0.05) is 23.8 Å². The van der Waals surface area contributed by atoms with Gasteiger partial charge in [0.05, 0.1) is 5.02 Å². The van der Waals surface area contributed by atoms with Crippen LogP contribution in [0.15, 0.2) is 36.7 Å². The zero-order valence-electron chi connectivity index (χ0n) is 14.4. The molecule has 1 aliphatic carbocycles. The van der Waals surface area contributed by atoms with E-state index >= 15 is 0 Å². The van der Waals surface area contributed by atoms with Gasteiger partial charge in [-0.05, 0) is 49.6 Å². The molecule has 25 heavy (non-hydrogen) atoms. The SMILES string of the molecule is C/C=C/[C@@H]1CC(=O)C(c2c(C)cc(-c3ncc(Cl)cn3)cc2C)C1=O. The topological polar surface area (TPSA) is 59.9 Å². The Hall–Kier alpha value is -2.33. The van der Waals surface area contributed by atoms with Crippen molar-refractivity contribution in [3.05, 3.63) is 58.4 Å². The van der Waals surface area contributed by atoms with Crippen molar-refractivity contribution in [3.8, 4) is 11.4 Å². The number of aryl methyl sites for hydroxylation is 2. The molecule has 2 aromatic rings. The molecule has 4 nitrogen and oxygen atoms in total. The van der Waals surface area contributed by atoms with E-state index in [4.69, 9.17) is 11.6 Å². The van der Waals surface area contributed by atoms with Crippen LogP contribution >= 0.6 is 11.6 Å². The summed E-state index contributed by atoms with van der Waals surface area (Å²) in [6, 6.07) is 3.85. The largest absolute Gasteiger partial charge is 0.298 e. The smallest absolute Gasteiger partial charge is 0.159 e. The molecule has 0 aliphatic heterocycles. The summed E-state index contributed by atoms with van der Waals surface area (Å²) in [5.74, 6) is -0.417. The van der Waals surface area contributed by atoms with Gasteiger partial charge in [0.15, 0.2) is 11.6 Å². The number of hydrogen-bond donors (Lipinski definition) is 0. The summed E-state index contributed by atoms with van der Waals surface area (Å²) < 4.78 is 0. The van der Waals surface area contributed by atoms with E-state index in [9.17, 15) is 9.59 Å². The van der Waals surface area contributed by atoms with Gasteiger partial charge in [0.2, 0.25) is 0 Å². The quantitative estimate of drug-likeness (QED) is 0.611. The first kappa shape index (κ1) is 17.5. The lowest BCUT2D eigenvalue weighted by Gasteiger charge is -2.16. The van der Waals surface area contributed by atoms with E-state index in [0.717, 1.165) is 22.3 Å². The summed E-state index contributed by atoms with van der Waals surface area (Å²) in [6.45, 7) is 5.71. The Balaban J connectivity index is 2.03. The second-order valence-electron chi connectivity index (χ2n) is 6.39. The van der Waals surface area contributed by atoms with E-state index in [0.29, 0.717) is 10.8 Å². The van der Waals surface area contributed by atoms with Crippen LogP contribution in [0.2, 0.25) is 5.02 Å². The zero-order valence-corrected chi connectivity index (χ0v) is 15.2. The third kappa shape index (κ3) is 3.27. The number of Topliss-reactive ketones (excluding diaryl/α,β-unsaturated/α-hetero) is 2. The summed E-state index contributed by atoms with van der Waals surface area (Å²) in [6.07, 6.45) is 7.04. The third-order valence-electron chi connectivity index (χ3n) is 4.58.